The van der Waals surface area contributed by atoms with Crippen molar-refractivity contribution in [3.8, 4) is 11.5 Å². The molecule has 0 radical (unpaired) electrons. The van der Waals surface area contributed by atoms with E-state index < -0.39 is 10.0 Å². The fourth-order valence-electron chi connectivity index (χ4n) is 5.29. The lowest BCUT2D eigenvalue weighted by Crippen LogP contribution is -2.52. The molecule has 5 rings (SSSR count). The van der Waals surface area contributed by atoms with E-state index in [0.29, 0.717) is 42.9 Å². The van der Waals surface area contributed by atoms with Crippen molar-refractivity contribution in [3.05, 3.63) is 42.0 Å². The Kier molecular flexibility index (Phi) is 7.00. The van der Waals surface area contributed by atoms with Gasteiger partial charge in [0.25, 0.3) is 5.91 Å². The van der Waals surface area contributed by atoms with E-state index in [9.17, 15) is 18.0 Å². The second kappa shape index (κ2) is 10.2. The molecule has 2 saturated heterocycles. The summed E-state index contributed by atoms with van der Waals surface area (Å²) in [6.07, 6.45) is 0.975. The van der Waals surface area contributed by atoms with Crippen LogP contribution in [0.1, 0.15) is 18.4 Å². The molecule has 10 nitrogen and oxygen atoms in total. The Morgan fingerprint density at radius 2 is 1.76 bits per heavy atom. The number of piperidine rings is 1. The van der Waals surface area contributed by atoms with Crippen molar-refractivity contribution >= 4 is 33.2 Å². The van der Waals surface area contributed by atoms with Crippen molar-refractivity contribution in [2.24, 2.45) is 5.92 Å². The number of hydrogen-bond acceptors (Lipinski definition) is 7. The van der Waals surface area contributed by atoms with Gasteiger partial charge in [0.2, 0.25) is 15.9 Å². The maximum absolute atomic E-state index is 13.4. The molecule has 198 valence electrons. The zero-order chi connectivity index (χ0) is 26.2. The van der Waals surface area contributed by atoms with Crippen molar-refractivity contribution in [1.82, 2.24) is 9.21 Å². The number of hydrogen-bond donors (Lipinski definition) is 1. The number of ether oxygens (including phenoxy) is 2. The number of nitrogens with one attached hydrogen (secondary N) is 1. The maximum atomic E-state index is 13.4. The molecule has 2 amide bonds. The second-order valence-corrected chi connectivity index (χ2v) is 11.5. The van der Waals surface area contributed by atoms with Gasteiger partial charge in [0.1, 0.15) is 11.5 Å². The molecule has 0 atom stereocenters. The molecule has 1 N–H and O–H groups in total. The van der Waals surface area contributed by atoms with Gasteiger partial charge in [-0.1, -0.05) is 12.1 Å². The number of para-hydroxylation sites is 2. The molecule has 37 heavy (non-hydrogen) atoms. The van der Waals surface area contributed by atoms with E-state index in [0.717, 1.165) is 24.5 Å². The standard InChI is InChI=1S/C26H32N4O6S/c1-18-15-20-23(36-17-25(31)27-20)16-24(18)37(33,34)30-9-7-19(8-10-30)26(32)29-13-11-28(12-14-29)21-5-3-4-6-22(21)35-2/h3-6,15-16,19H,7-14,17H2,1-2H3,(H,27,31). The number of piperazine rings is 1. The van der Waals surface area contributed by atoms with Crippen LogP contribution in [0.15, 0.2) is 41.3 Å². The molecule has 0 spiro atoms. The van der Waals surface area contributed by atoms with Crippen molar-refractivity contribution in [1.29, 1.82) is 0 Å². The maximum Gasteiger partial charge on any atom is 0.262 e. The summed E-state index contributed by atoms with van der Waals surface area (Å²) in [5.41, 5.74) is 2.04. The molecule has 0 bridgehead atoms. The highest BCUT2D eigenvalue weighted by atomic mass is 32.2. The first-order valence-electron chi connectivity index (χ1n) is 12.5. The van der Waals surface area contributed by atoms with Crippen LogP contribution >= 0.6 is 0 Å². The molecule has 3 aliphatic rings. The van der Waals surface area contributed by atoms with E-state index in [2.05, 4.69) is 10.2 Å². The number of fused-ring (bicyclic) bond motifs is 1. The van der Waals surface area contributed by atoms with Crippen LogP contribution in [-0.4, -0.2) is 82.4 Å². The highest BCUT2D eigenvalue weighted by Crippen LogP contribution is 2.35. The first-order chi connectivity index (χ1) is 17.8. The number of aryl methyl sites for hydroxylation is 1. The van der Waals surface area contributed by atoms with Crippen LogP contribution in [0.25, 0.3) is 0 Å². The number of sulfonamides is 1. The average molecular weight is 529 g/mol. The second-order valence-electron chi connectivity index (χ2n) is 9.61. The quantitative estimate of drug-likeness (QED) is 0.633. The molecular weight excluding hydrogens is 496 g/mol. The summed E-state index contributed by atoms with van der Waals surface area (Å²) in [4.78, 5) is 29.1. The lowest BCUT2D eigenvalue weighted by atomic mass is 9.96. The Bertz CT molecular complexity index is 1300. The monoisotopic (exact) mass is 528 g/mol. The number of carbonyl (C=O) groups is 2. The molecule has 0 aromatic heterocycles. The van der Waals surface area contributed by atoms with E-state index >= 15 is 0 Å². The minimum Gasteiger partial charge on any atom is -0.495 e. The highest BCUT2D eigenvalue weighted by Gasteiger charge is 2.36. The zero-order valence-electron chi connectivity index (χ0n) is 21.1. The summed E-state index contributed by atoms with van der Waals surface area (Å²) in [6.45, 7) is 4.83. The summed E-state index contributed by atoms with van der Waals surface area (Å²) in [5.74, 6) is 0.816. The van der Waals surface area contributed by atoms with Gasteiger partial charge in [0.05, 0.1) is 23.4 Å². The molecule has 2 fully saturated rings. The van der Waals surface area contributed by atoms with Gasteiger partial charge in [-0.3, -0.25) is 9.59 Å². The predicted molar refractivity (Wildman–Crippen MR) is 139 cm³/mol. The Hall–Kier alpha value is -3.31. The number of anilines is 2. The van der Waals surface area contributed by atoms with E-state index in [-0.39, 0.29) is 42.3 Å². The largest absolute Gasteiger partial charge is 0.495 e. The fraction of sp³-hybridized carbons (Fsp3) is 0.462. The lowest BCUT2D eigenvalue weighted by Gasteiger charge is -2.39. The van der Waals surface area contributed by atoms with Gasteiger partial charge in [-0.05, 0) is 43.5 Å². The molecule has 2 aromatic carbocycles. The van der Waals surface area contributed by atoms with Crippen LogP contribution in [-0.2, 0) is 19.6 Å². The van der Waals surface area contributed by atoms with Crippen molar-refractivity contribution < 1.29 is 27.5 Å². The third-order valence-corrected chi connectivity index (χ3v) is 9.39. The van der Waals surface area contributed by atoms with E-state index in [1.54, 1.807) is 20.1 Å². The van der Waals surface area contributed by atoms with E-state index in [4.69, 9.17) is 9.47 Å². The molecule has 2 aromatic rings. The molecule has 11 heteroatoms. The Morgan fingerprint density at radius 3 is 2.46 bits per heavy atom. The van der Waals surface area contributed by atoms with Crippen LogP contribution < -0.4 is 19.7 Å². The Morgan fingerprint density at radius 1 is 1.05 bits per heavy atom. The van der Waals surface area contributed by atoms with Gasteiger partial charge in [-0.25, -0.2) is 8.42 Å². The minimum atomic E-state index is -3.76. The molecule has 0 aliphatic carbocycles. The van der Waals surface area contributed by atoms with Gasteiger partial charge in [0, 0.05) is 51.3 Å². The Balaban J connectivity index is 1.19. The van der Waals surface area contributed by atoms with Crippen molar-refractivity contribution in [3.63, 3.8) is 0 Å². The van der Waals surface area contributed by atoms with Crippen molar-refractivity contribution in [2.75, 3.05) is 63.2 Å². The topological polar surface area (TPSA) is 108 Å². The van der Waals surface area contributed by atoms with Gasteiger partial charge in [-0.15, -0.1) is 0 Å². The summed E-state index contributed by atoms with van der Waals surface area (Å²) in [7, 11) is -2.10. The summed E-state index contributed by atoms with van der Waals surface area (Å²) in [5, 5.41) is 2.70. The van der Waals surface area contributed by atoms with E-state index in [1.165, 1.54) is 10.4 Å². The lowest BCUT2D eigenvalue weighted by molar-refractivity contribution is -0.137. The van der Waals surface area contributed by atoms with Gasteiger partial charge in [0.15, 0.2) is 6.61 Å². The zero-order valence-corrected chi connectivity index (χ0v) is 21.9. The first kappa shape index (κ1) is 25.3. The summed E-state index contributed by atoms with van der Waals surface area (Å²) in [6, 6.07) is 11.0. The van der Waals surface area contributed by atoms with Gasteiger partial charge >= 0.3 is 0 Å². The number of amides is 2. The van der Waals surface area contributed by atoms with Crippen LogP contribution in [0.5, 0.6) is 11.5 Å². The number of rotatable bonds is 5. The number of methoxy groups -OCH3 is 1. The smallest absolute Gasteiger partial charge is 0.262 e. The molecular formula is C26H32N4O6S. The van der Waals surface area contributed by atoms with Crippen LogP contribution in [0.4, 0.5) is 11.4 Å². The van der Waals surface area contributed by atoms with Crippen LogP contribution in [0, 0.1) is 12.8 Å². The SMILES string of the molecule is COc1ccccc1N1CCN(C(=O)C2CCN(S(=O)(=O)c3cc4c(cc3C)NC(=O)CO4)CC2)CC1. The number of benzene rings is 2. The van der Waals surface area contributed by atoms with E-state index in [1.807, 2.05) is 29.2 Å². The third kappa shape index (κ3) is 4.97. The van der Waals surface area contributed by atoms with Crippen molar-refractivity contribution in [2.45, 2.75) is 24.7 Å². The molecule has 3 heterocycles. The summed E-state index contributed by atoms with van der Waals surface area (Å²) < 4.78 is 39.2. The molecule has 3 aliphatic heterocycles. The third-order valence-electron chi connectivity index (χ3n) is 7.35. The van der Waals surface area contributed by atoms with Crippen LogP contribution in [0.3, 0.4) is 0 Å². The fourth-order valence-corrected chi connectivity index (χ4v) is 6.98. The molecule has 0 saturated carbocycles. The normalized spacial score (nSPS) is 19.1. The first-order valence-corrected chi connectivity index (χ1v) is 14.0. The molecule has 0 unspecified atom stereocenters. The number of carbonyl (C=O) groups excluding carboxylic acids is 2. The van der Waals surface area contributed by atoms with Crippen LogP contribution in [0.2, 0.25) is 0 Å². The summed E-state index contributed by atoms with van der Waals surface area (Å²) >= 11 is 0. The van der Waals surface area contributed by atoms with Gasteiger partial charge < -0.3 is 24.6 Å². The predicted octanol–water partition coefficient (Wildman–Crippen LogP) is 2.08. The minimum absolute atomic E-state index is 0.103. The highest BCUT2D eigenvalue weighted by molar-refractivity contribution is 7.89. The number of nitrogens with zero attached hydrogens (tertiary/aromatic N) is 3. The average Bonchev–Trinajstić information content (AvgIpc) is 2.92. The Labute approximate surface area is 217 Å². The van der Waals surface area contributed by atoms with Gasteiger partial charge in [-0.2, -0.15) is 4.31 Å².